The summed E-state index contributed by atoms with van der Waals surface area (Å²) in [5.74, 6) is -2.02. The van der Waals surface area contributed by atoms with Crippen LogP contribution in [0.15, 0.2) is 30.5 Å². The Labute approximate surface area is 307 Å². The van der Waals surface area contributed by atoms with Crippen LogP contribution in [0.5, 0.6) is 11.8 Å². The van der Waals surface area contributed by atoms with Crippen LogP contribution in [0.1, 0.15) is 44.1 Å². The van der Waals surface area contributed by atoms with Crippen molar-refractivity contribution in [1.29, 1.82) is 0 Å². The van der Waals surface area contributed by atoms with Gasteiger partial charge in [-0.25, -0.2) is 22.0 Å². The van der Waals surface area contributed by atoms with Crippen molar-refractivity contribution in [3.63, 3.8) is 0 Å². The van der Waals surface area contributed by atoms with Crippen LogP contribution in [-0.4, -0.2) is 104 Å². The largest absolute Gasteiger partial charge is 0.508 e. The second-order valence-electron chi connectivity index (χ2n) is 16.0. The Morgan fingerprint density at radius 1 is 1.04 bits per heavy atom. The fourth-order valence-electron chi connectivity index (χ4n) is 10.1. The lowest BCUT2D eigenvalue weighted by Gasteiger charge is -2.42. The summed E-state index contributed by atoms with van der Waals surface area (Å²) in [6, 6.07) is 5.25. The number of hydrogen-bond donors (Lipinski definition) is 1. The van der Waals surface area contributed by atoms with E-state index in [1.165, 1.54) is 24.3 Å². The Hall–Kier alpha value is -4.74. The number of anilines is 1. The molecule has 280 valence electrons. The number of terminal acetylenes is 1. The van der Waals surface area contributed by atoms with E-state index < -0.39 is 35.2 Å². The molecule has 0 spiro atoms. The number of benzene rings is 3. The minimum Gasteiger partial charge on any atom is -0.508 e. The molecule has 5 aliphatic rings. The van der Waals surface area contributed by atoms with Crippen molar-refractivity contribution >= 4 is 38.4 Å². The molecule has 0 amide bonds. The second-order valence-corrected chi connectivity index (χ2v) is 16.0. The van der Waals surface area contributed by atoms with Gasteiger partial charge >= 0.3 is 6.01 Å². The van der Waals surface area contributed by atoms with Gasteiger partial charge in [-0.1, -0.05) is 12.0 Å². The van der Waals surface area contributed by atoms with Gasteiger partial charge in [0.15, 0.2) is 5.82 Å². The van der Waals surface area contributed by atoms with Crippen molar-refractivity contribution in [2.45, 2.75) is 68.2 Å². The number of ether oxygens (including phenoxy) is 1. The maximum absolute atomic E-state index is 17.7. The summed E-state index contributed by atoms with van der Waals surface area (Å²) in [6.45, 7) is 2.65. The maximum Gasteiger partial charge on any atom is 0.319 e. The van der Waals surface area contributed by atoms with Crippen molar-refractivity contribution in [1.82, 2.24) is 29.5 Å². The number of aryl methyl sites for hydroxylation is 1. The first-order valence-corrected chi connectivity index (χ1v) is 18.6. The molecule has 2 bridgehead atoms. The van der Waals surface area contributed by atoms with Gasteiger partial charge in [0.1, 0.15) is 41.2 Å². The number of aromatic hydroxyl groups is 1. The van der Waals surface area contributed by atoms with Crippen LogP contribution in [0.3, 0.4) is 0 Å². The number of halogens is 5. The Bertz CT molecular complexity index is 2420. The highest BCUT2D eigenvalue weighted by Gasteiger charge is 2.58. The molecular formula is C40H38F5N7O2. The number of phenols is 1. The smallest absolute Gasteiger partial charge is 0.319 e. The predicted octanol–water partition coefficient (Wildman–Crippen LogP) is 6.57. The maximum atomic E-state index is 17.7. The monoisotopic (exact) mass is 743 g/mol. The van der Waals surface area contributed by atoms with Gasteiger partial charge in [0.2, 0.25) is 0 Å². The number of aromatic nitrogens is 4. The minimum absolute atomic E-state index is 0.0218. The van der Waals surface area contributed by atoms with Crippen molar-refractivity contribution in [3.05, 3.63) is 47.7 Å². The molecule has 5 aromatic rings. The van der Waals surface area contributed by atoms with Crippen molar-refractivity contribution in [3.8, 4) is 35.2 Å². The third-order valence-corrected chi connectivity index (χ3v) is 12.6. The van der Waals surface area contributed by atoms with Gasteiger partial charge < -0.3 is 14.7 Å². The number of alkyl halides is 3. The number of fused-ring (bicyclic) bond motifs is 7. The Morgan fingerprint density at radius 2 is 1.81 bits per heavy atom. The molecule has 14 heteroatoms. The van der Waals surface area contributed by atoms with Gasteiger partial charge in [-0.3, -0.25) is 14.5 Å². The fourth-order valence-corrected chi connectivity index (χ4v) is 10.1. The van der Waals surface area contributed by atoms with E-state index in [1.54, 1.807) is 17.9 Å². The van der Waals surface area contributed by atoms with Crippen molar-refractivity contribution in [2.75, 3.05) is 44.2 Å². The molecule has 1 N–H and O–H groups in total. The molecule has 4 saturated heterocycles. The van der Waals surface area contributed by atoms with Crippen LogP contribution in [0.25, 0.3) is 43.7 Å². The van der Waals surface area contributed by atoms with E-state index in [4.69, 9.17) is 26.2 Å². The third kappa shape index (κ3) is 5.14. The van der Waals surface area contributed by atoms with E-state index in [1.807, 2.05) is 0 Å². The summed E-state index contributed by atoms with van der Waals surface area (Å²) in [5, 5.41) is 17.1. The highest BCUT2D eigenvalue weighted by atomic mass is 19.3. The molecule has 0 radical (unpaired) electrons. The SMILES string of the molecule is C#Cc1c(F)ccc2cc(O)cc(-c3c(F)c4nc(OC[C@@]56CCCN5C[C@H](F)C6)nc(N5[C@@H]6CC[C@H]5CN(CC5CC5(F)F)C6)c4c4cn(C)nc34)c12. The number of hydrogen-bond acceptors (Lipinski definition) is 8. The molecule has 2 aromatic heterocycles. The van der Waals surface area contributed by atoms with Crippen LogP contribution in [0.2, 0.25) is 0 Å². The highest BCUT2D eigenvalue weighted by Crippen LogP contribution is 2.51. The zero-order chi connectivity index (χ0) is 37.3. The summed E-state index contributed by atoms with van der Waals surface area (Å²) in [5.41, 5.74) is -0.292. The van der Waals surface area contributed by atoms with Crippen LogP contribution in [-0.2, 0) is 7.05 Å². The molecule has 9 nitrogen and oxygen atoms in total. The molecular weight excluding hydrogens is 705 g/mol. The standard InChI is InChI=1S/C40H38F5N7O2/c1-3-27-30(42)8-5-21-11-26(53)12-28(31(21)27)32-34(43)36-33(29-19-49(2)48-35(29)32)37(47-38(46-36)54-20-39-9-4-10-51(39)16-23(41)14-39)52-24-6-7-25(52)18-50(17-24)15-22-13-40(22,44)45/h1,5,8,11-12,19,22-25,53H,4,6-7,9-10,13-18,20H2,2H3/t22?,23-,24-,25+,39+/m1/s1. The molecule has 3 aromatic carbocycles. The number of nitrogens with zero attached hydrogens (tertiary/aromatic N) is 7. The first kappa shape index (κ1) is 33.8. The molecule has 10 rings (SSSR count). The number of rotatable bonds is 7. The number of piperazine rings is 1. The van der Waals surface area contributed by atoms with Crippen LogP contribution in [0.4, 0.5) is 27.8 Å². The van der Waals surface area contributed by atoms with Crippen molar-refractivity contribution < 1.29 is 31.8 Å². The average molecular weight is 744 g/mol. The topological polar surface area (TPSA) is 82.8 Å². The van der Waals surface area contributed by atoms with E-state index in [9.17, 15) is 18.3 Å². The predicted molar refractivity (Wildman–Crippen MR) is 194 cm³/mol. The normalized spacial score (nSPS) is 27.7. The summed E-state index contributed by atoms with van der Waals surface area (Å²) < 4.78 is 83.5. The number of likely N-dealkylation sites (tertiary alicyclic amines) is 1. The fraction of sp³-hybridized carbons (Fsp3) is 0.475. The molecule has 5 fully saturated rings. The molecule has 1 saturated carbocycles. The summed E-state index contributed by atoms with van der Waals surface area (Å²) in [7, 11) is 1.71. The summed E-state index contributed by atoms with van der Waals surface area (Å²) in [6.07, 6.45) is 10.1. The first-order valence-electron chi connectivity index (χ1n) is 18.6. The quantitative estimate of drug-likeness (QED) is 0.148. The molecule has 5 atom stereocenters. The van der Waals surface area contributed by atoms with E-state index in [0.29, 0.717) is 54.6 Å². The molecule has 1 unspecified atom stereocenters. The van der Waals surface area contributed by atoms with Gasteiger partial charge in [-0.05, 0) is 61.4 Å². The zero-order valence-electron chi connectivity index (χ0n) is 29.6. The van der Waals surface area contributed by atoms with Gasteiger partial charge in [0, 0.05) is 86.6 Å². The second kappa shape index (κ2) is 11.9. The molecule has 54 heavy (non-hydrogen) atoms. The Balaban J connectivity index is 1.17. The van der Waals surface area contributed by atoms with E-state index >= 15 is 8.78 Å². The molecule has 6 heterocycles. The zero-order valence-corrected chi connectivity index (χ0v) is 29.6. The highest BCUT2D eigenvalue weighted by molar-refractivity contribution is 6.18. The minimum atomic E-state index is -2.62. The Morgan fingerprint density at radius 3 is 2.56 bits per heavy atom. The van der Waals surface area contributed by atoms with Crippen LogP contribution in [0, 0.1) is 29.9 Å². The summed E-state index contributed by atoms with van der Waals surface area (Å²) in [4.78, 5) is 16.1. The van der Waals surface area contributed by atoms with E-state index in [2.05, 4.69) is 20.6 Å². The first-order chi connectivity index (χ1) is 25.9. The lowest BCUT2D eigenvalue weighted by Crippen LogP contribution is -2.54. The lowest BCUT2D eigenvalue weighted by atomic mass is 9.91. The van der Waals surface area contributed by atoms with Gasteiger partial charge in [0.05, 0.1) is 16.5 Å². The lowest BCUT2D eigenvalue weighted by molar-refractivity contribution is 0.0836. The van der Waals surface area contributed by atoms with Gasteiger partial charge in [0.25, 0.3) is 5.92 Å². The average Bonchev–Trinajstić information content (AvgIpc) is 3.53. The third-order valence-electron chi connectivity index (χ3n) is 12.6. The van der Waals surface area contributed by atoms with Gasteiger partial charge in [-0.15, -0.1) is 6.42 Å². The van der Waals surface area contributed by atoms with Crippen molar-refractivity contribution in [2.24, 2.45) is 13.0 Å². The molecule has 4 aliphatic heterocycles. The van der Waals surface area contributed by atoms with Gasteiger partial charge in [-0.2, -0.15) is 15.1 Å². The Kier molecular flexibility index (Phi) is 7.44. The van der Waals surface area contributed by atoms with E-state index in [0.717, 1.165) is 32.2 Å². The van der Waals surface area contributed by atoms with Crippen LogP contribution < -0.4 is 9.64 Å². The van der Waals surface area contributed by atoms with Crippen LogP contribution >= 0.6 is 0 Å². The number of phenolic OH excluding ortho intramolecular Hbond substituents is 1. The summed E-state index contributed by atoms with van der Waals surface area (Å²) >= 11 is 0. The molecule has 1 aliphatic carbocycles. The van der Waals surface area contributed by atoms with E-state index in [-0.39, 0.29) is 70.0 Å².